The molecule has 7 heteroatoms. The molecule has 146 valence electrons. The van der Waals surface area contributed by atoms with Gasteiger partial charge in [0.15, 0.2) is 5.96 Å². The Morgan fingerprint density at radius 3 is 2.60 bits per heavy atom. The molecule has 2 aliphatic heterocycles. The van der Waals surface area contributed by atoms with Crippen molar-refractivity contribution in [3.63, 3.8) is 0 Å². The average Bonchev–Trinajstić information content (AvgIpc) is 2.67. The number of guanidine groups is 1. The van der Waals surface area contributed by atoms with E-state index in [2.05, 4.69) is 20.5 Å². The predicted octanol–water partition coefficient (Wildman–Crippen LogP) is 0.848. The van der Waals surface area contributed by atoms with E-state index in [1.807, 2.05) is 7.05 Å². The quantitative estimate of drug-likeness (QED) is 0.363. The largest absolute Gasteiger partial charge is 0.383 e. The molecule has 0 unspecified atom stereocenters. The number of likely N-dealkylation sites (tertiary alicyclic amines) is 1. The summed E-state index contributed by atoms with van der Waals surface area (Å²) in [4.78, 5) is 6.81. The first-order valence-electron chi connectivity index (χ1n) is 9.69. The van der Waals surface area contributed by atoms with Crippen LogP contribution in [-0.2, 0) is 14.2 Å². The Balaban J connectivity index is 1.52. The van der Waals surface area contributed by atoms with Crippen LogP contribution in [0.2, 0.25) is 0 Å². The van der Waals surface area contributed by atoms with Crippen LogP contribution in [0.15, 0.2) is 4.99 Å². The standard InChI is InChI=1S/C18H36N4O3/c1-19-18(20-8-3-12-25-17-6-13-24-14-7-17)21-16-4-9-22(10-5-16)11-15-23-2/h16-17H,3-15H2,1-2H3,(H2,19,20,21). The zero-order valence-corrected chi connectivity index (χ0v) is 16.0. The van der Waals surface area contributed by atoms with Crippen LogP contribution in [0.4, 0.5) is 0 Å². The summed E-state index contributed by atoms with van der Waals surface area (Å²) < 4.78 is 16.4. The van der Waals surface area contributed by atoms with Crippen molar-refractivity contribution in [3.05, 3.63) is 0 Å². The normalized spacial score (nSPS) is 21.4. The Bertz CT molecular complexity index is 367. The topological polar surface area (TPSA) is 67.4 Å². The highest BCUT2D eigenvalue weighted by atomic mass is 16.5. The molecule has 2 fully saturated rings. The second-order valence-corrected chi connectivity index (χ2v) is 6.79. The maximum absolute atomic E-state index is 5.90. The third-order valence-corrected chi connectivity index (χ3v) is 4.90. The first-order valence-corrected chi connectivity index (χ1v) is 9.69. The van der Waals surface area contributed by atoms with E-state index >= 15 is 0 Å². The van der Waals surface area contributed by atoms with Crippen molar-refractivity contribution in [1.29, 1.82) is 0 Å². The Morgan fingerprint density at radius 2 is 1.92 bits per heavy atom. The van der Waals surface area contributed by atoms with Crippen LogP contribution in [0.1, 0.15) is 32.1 Å². The lowest BCUT2D eigenvalue weighted by molar-refractivity contribution is -0.0320. The van der Waals surface area contributed by atoms with Crippen LogP contribution in [0.5, 0.6) is 0 Å². The molecule has 7 nitrogen and oxygen atoms in total. The number of nitrogens with one attached hydrogen (secondary N) is 2. The van der Waals surface area contributed by atoms with Crippen LogP contribution >= 0.6 is 0 Å². The van der Waals surface area contributed by atoms with Gasteiger partial charge in [-0.05, 0) is 32.1 Å². The van der Waals surface area contributed by atoms with Crippen LogP contribution in [0.25, 0.3) is 0 Å². The Morgan fingerprint density at radius 1 is 1.16 bits per heavy atom. The SMILES string of the molecule is CN=C(NCCCOC1CCOCC1)NC1CCN(CCOC)CC1. The van der Waals surface area contributed by atoms with Crippen LogP contribution < -0.4 is 10.6 Å². The van der Waals surface area contributed by atoms with Crippen molar-refractivity contribution in [2.75, 3.05) is 66.8 Å². The third kappa shape index (κ3) is 8.35. The Kier molecular flexibility index (Phi) is 10.2. The van der Waals surface area contributed by atoms with Gasteiger partial charge in [0.1, 0.15) is 0 Å². The van der Waals surface area contributed by atoms with Crippen LogP contribution in [0.3, 0.4) is 0 Å². The molecule has 0 amide bonds. The molecule has 2 rings (SSSR count). The molecule has 0 radical (unpaired) electrons. The first kappa shape index (κ1) is 20.4. The summed E-state index contributed by atoms with van der Waals surface area (Å²) in [5, 5.41) is 6.95. The third-order valence-electron chi connectivity index (χ3n) is 4.90. The lowest BCUT2D eigenvalue weighted by Gasteiger charge is -2.32. The zero-order valence-electron chi connectivity index (χ0n) is 16.0. The number of nitrogens with zero attached hydrogens (tertiary/aromatic N) is 2. The van der Waals surface area contributed by atoms with Gasteiger partial charge in [0.05, 0.1) is 12.7 Å². The smallest absolute Gasteiger partial charge is 0.191 e. The highest BCUT2D eigenvalue weighted by Gasteiger charge is 2.19. The van der Waals surface area contributed by atoms with Gasteiger partial charge in [0, 0.05) is 66.2 Å². The molecular formula is C18H36N4O3. The van der Waals surface area contributed by atoms with Crippen molar-refractivity contribution in [2.24, 2.45) is 4.99 Å². The summed E-state index contributed by atoms with van der Waals surface area (Å²) in [6.07, 6.45) is 5.73. The van der Waals surface area contributed by atoms with Gasteiger partial charge in [-0.2, -0.15) is 0 Å². The maximum atomic E-state index is 5.90. The minimum atomic E-state index is 0.384. The molecule has 0 aromatic heterocycles. The van der Waals surface area contributed by atoms with E-state index in [1.54, 1.807) is 7.11 Å². The van der Waals surface area contributed by atoms with Crippen molar-refractivity contribution < 1.29 is 14.2 Å². The number of hydrogen-bond donors (Lipinski definition) is 2. The van der Waals surface area contributed by atoms with Crippen molar-refractivity contribution >= 4 is 5.96 Å². The second kappa shape index (κ2) is 12.5. The summed E-state index contributed by atoms with van der Waals surface area (Å²) in [6, 6.07) is 0.503. The maximum Gasteiger partial charge on any atom is 0.191 e. The second-order valence-electron chi connectivity index (χ2n) is 6.79. The van der Waals surface area contributed by atoms with E-state index in [0.29, 0.717) is 12.1 Å². The highest BCUT2D eigenvalue weighted by molar-refractivity contribution is 5.79. The van der Waals surface area contributed by atoms with E-state index in [0.717, 1.165) is 90.7 Å². The molecule has 0 aliphatic carbocycles. The lowest BCUT2D eigenvalue weighted by atomic mass is 10.1. The molecule has 2 heterocycles. The molecule has 2 N–H and O–H groups in total. The molecule has 0 aromatic rings. The molecule has 0 bridgehead atoms. The number of rotatable bonds is 9. The lowest BCUT2D eigenvalue weighted by Crippen LogP contribution is -2.49. The Hall–Kier alpha value is -0.890. The van der Waals surface area contributed by atoms with Gasteiger partial charge < -0.3 is 29.7 Å². The van der Waals surface area contributed by atoms with E-state index < -0.39 is 0 Å². The van der Waals surface area contributed by atoms with Gasteiger partial charge in [0.2, 0.25) is 0 Å². The number of ether oxygens (including phenoxy) is 3. The molecule has 2 saturated heterocycles. The Labute approximate surface area is 152 Å². The van der Waals surface area contributed by atoms with E-state index in [-0.39, 0.29) is 0 Å². The summed E-state index contributed by atoms with van der Waals surface area (Å²) >= 11 is 0. The van der Waals surface area contributed by atoms with Gasteiger partial charge >= 0.3 is 0 Å². The minimum Gasteiger partial charge on any atom is -0.383 e. The summed E-state index contributed by atoms with van der Waals surface area (Å²) in [6.45, 7) is 7.45. The predicted molar refractivity (Wildman–Crippen MR) is 100 cm³/mol. The number of piperidine rings is 1. The molecule has 25 heavy (non-hydrogen) atoms. The highest BCUT2D eigenvalue weighted by Crippen LogP contribution is 2.11. The van der Waals surface area contributed by atoms with Crippen LogP contribution in [-0.4, -0.2) is 89.8 Å². The van der Waals surface area contributed by atoms with Crippen molar-refractivity contribution in [3.8, 4) is 0 Å². The molecule has 0 saturated carbocycles. The summed E-state index contributed by atoms with van der Waals surface area (Å²) in [7, 11) is 3.60. The van der Waals surface area contributed by atoms with E-state index in [1.165, 1.54) is 0 Å². The molecule has 2 aliphatic rings. The zero-order chi connectivity index (χ0) is 17.7. The van der Waals surface area contributed by atoms with Gasteiger partial charge in [-0.1, -0.05) is 0 Å². The van der Waals surface area contributed by atoms with Gasteiger partial charge in [-0.15, -0.1) is 0 Å². The fraction of sp³-hybridized carbons (Fsp3) is 0.944. The summed E-state index contributed by atoms with van der Waals surface area (Å²) in [5.41, 5.74) is 0. The molecule has 0 spiro atoms. The van der Waals surface area contributed by atoms with E-state index in [4.69, 9.17) is 14.2 Å². The van der Waals surface area contributed by atoms with Crippen molar-refractivity contribution in [1.82, 2.24) is 15.5 Å². The summed E-state index contributed by atoms with van der Waals surface area (Å²) in [5.74, 6) is 0.904. The fourth-order valence-corrected chi connectivity index (χ4v) is 3.28. The number of hydrogen-bond acceptors (Lipinski definition) is 5. The average molecular weight is 357 g/mol. The van der Waals surface area contributed by atoms with Gasteiger partial charge in [-0.3, -0.25) is 4.99 Å². The number of methoxy groups -OCH3 is 1. The fourth-order valence-electron chi connectivity index (χ4n) is 3.28. The van der Waals surface area contributed by atoms with Crippen molar-refractivity contribution in [2.45, 2.75) is 44.2 Å². The monoisotopic (exact) mass is 356 g/mol. The van der Waals surface area contributed by atoms with Crippen LogP contribution in [0, 0.1) is 0 Å². The van der Waals surface area contributed by atoms with Gasteiger partial charge in [-0.25, -0.2) is 0 Å². The van der Waals surface area contributed by atoms with Gasteiger partial charge in [0.25, 0.3) is 0 Å². The number of aliphatic imine (C=N–C) groups is 1. The molecule has 0 atom stereocenters. The molecular weight excluding hydrogens is 320 g/mol. The minimum absolute atomic E-state index is 0.384. The van der Waals surface area contributed by atoms with E-state index in [9.17, 15) is 0 Å². The first-order chi connectivity index (χ1) is 12.3. The molecule has 0 aromatic carbocycles.